The summed E-state index contributed by atoms with van der Waals surface area (Å²) in [7, 11) is 1.71. The number of rotatable bonds is 6. The molecule has 1 atom stereocenters. The quantitative estimate of drug-likeness (QED) is 0.811. The predicted octanol–water partition coefficient (Wildman–Crippen LogP) is 3.50. The highest BCUT2D eigenvalue weighted by Gasteiger charge is 2.32. The van der Waals surface area contributed by atoms with Crippen LogP contribution >= 0.6 is 0 Å². The van der Waals surface area contributed by atoms with Gasteiger partial charge in [0.15, 0.2) is 0 Å². The Morgan fingerprint density at radius 2 is 1.97 bits per heavy atom. The van der Waals surface area contributed by atoms with Crippen molar-refractivity contribution in [2.45, 2.75) is 26.1 Å². The standard InChI is InChI=1S/C23H29N3O3/c1-3-10-26-22(24-20-7-5-4-6-19(20)23(26)27)17-8-9-21(28-2)18(15-17)16-25-11-13-29-14-12-25/h4-9,15,22,24H,3,10-14,16H2,1-2H3/t22-/m1/s1. The maximum atomic E-state index is 13.2. The molecule has 6 nitrogen and oxygen atoms in total. The van der Waals surface area contributed by atoms with Crippen LogP contribution in [0.25, 0.3) is 0 Å². The predicted molar refractivity (Wildman–Crippen MR) is 113 cm³/mol. The molecule has 0 spiro atoms. The van der Waals surface area contributed by atoms with E-state index in [1.54, 1.807) is 7.11 Å². The van der Waals surface area contributed by atoms with Crippen molar-refractivity contribution in [1.29, 1.82) is 0 Å². The van der Waals surface area contributed by atoms with Crippen molar-refractivity contribution in [3.63, 3.8) is 0 Å². The third-order valence-electron chi connectivity index (χ3n) is 5.60. The molecular weight excluding hydrogens is 366 g/mol. The number of nitrogens with one attached hydrogen (secondary N) is 1. The smallest absolute Gasteiger partial charge is 0.257 e. The molecule has 0 saturated carbocycles. The van der Waals surface area contributed by atoms with Gasteiger partial charge in [-0.15, -0.1) is 0 Å². The van der Waals surface area contributed by atoms with Crippen molar-refractivity contribution in [1.82, 2.24) is 9.80 Å². The molecule has 0 aliphatic carbocycles. The zero-order chi connectivity index (χ0) is 20.2. The highest BCUT2D eigenvalue weighted by molar-refractivity contribution is 6.01. The van der Waals surface area contributed by atoms with Gasteiger partial charge in [-0.2, -0.15) is 0 Å². The minimum Gasteiger partial charge on any atom is -0.496 e. The van der Waals surface area contributed by atoms with Crippen LogP contribution in [0.2, 0.25) is 0 Å². The molecule has 2 heterocycles. The minimum atomic E-state index is -0.188. The zero-order valence-corrected chi connectivity index (χ0v) is 17.2. The average molecular weight is 396 g/mol. The Hall–Kier alpha value is -2.57. The van der Waals surface area contributed by atoms with Crippen molar-refractivity contribution in [3.05, 3.63) is 59.2 Å². The van der Waals surface area contributed by atoms with Gasteiger partial charge in [0.2, 0.25) is 0 Å². The first-order chi connectivity index (χ1) is 14.2. The molecule has 154 valence electrons. The Morgan fingerprint density at radius 1 is 1.17 bits per heavy atom. The topological polar surface area (TPSA) is 54.0 Å². The van der Waals surface area contributed by atoms with Crippen LogP contribution in [-0.4, -0.2) is 55.7 Å². The van der Waals surface area contributed by atoms with Crippen molar-refractivity contribution >= 4 is 11.6 Å². The van der Waals surface area contributed by atoms with E-state index in [4.69, 9.17) is 9.47 Å². The van der Waals surface area contributed by atoms with Gasteiger partial charge in [-0.05, 0) is 36.2 Å². The number of hydrogen-bond donors (Lipinski definition) is 1. The molecule has 6 heteroatoms. The van der Waals surface area contributed by atoms with E-state index in [0.717, 1.165) is 67.4 Å². The van der Waals surface area contributed by atoms with E-state index in [-0.39, 0.29) is 12.1 Å². The fourth-order valence-electron chi connectivity index (χ4n) is 4.12. The lowest BCUT2D eigenvalue weighted by atomic mass is 10.0. The Morgan fingerprint density at radius 3 is 2.72 bits per heavy atom. The van der Waals surface area contributed by atoms with Gasteiger partial charge in [0.1, 0.15) is 11.9 Å². The highest BCUT2D eigenvalue weighted by Crippen LogP contribution is 2.35. The summed E-state index contributed by atoms with van der Waals surface area (Å²) in [5.74, 6) is 0.960. The zero-order valence-electron chi connectivity index (χ0n) is 17.2. The number of methoxy groups -OCH3 is 1. The van der Waals surface area contributed by atoms with Crippen molar-refractivity contribution in [2.24, 2.45) is 0 Å². The van der Waals surface area contributed by atoms with E-state index in [1.165, 1.54) is 0 Å². The molecule has 1 amide bonds. The molecular formula is C23H29N3O3. The summed E-state index contributed by atoms with van der Waals surface area (Å²) in [6, 6.07) is 14.0. The second-order valence-electron chi connectivity index (χ2n) is 7.55. The minimum absolute atomic E-state index is 0.0803. The van der Waals surface area contributed by atoms with E-state index in [1.807, 2.05) is 35.2 Å². The van der Waals surface area contributed by atoms with Gasteiger partial charge in [-0.3, -0.25) is 9.69 Å². The summed E-state index contributed by atoms with van der Waals surface area (Å²) in [6.07, 6.45) is 0.717. The summed E-state index contributed by atoms with van der Waals surface area (Å²) < 4.78 is 11.1. The molecule has 1 fully saturated rings. The maximum absolute atomic E-state index is 13.2. The van der Waals surface area contributed by atoms with Gasteiger partial charge in [-0.1, -0.05) is 25.1 Å². The summed E-state index contributed by atoms with van der Waals surface area (Å²) in [6.45, 7) is 6.99. The average Bonchev–Trinajstić information content (AvgIpc) is 2.76. The number of morpholine rings is 1. The second-order valence-corrected chi connectivity index (χ2v) is 7.55. The summed E-state index contributed by atoms with van der Waals surface area (Å²) in [5.41, 5.74) is 3.83. The fraction of sp³-hybridized carbons (Fsp3) is 0.435. The van der Waals surface area contributed by atoms with E-state index in [9.17, 15) is 4.79 Å². The Labute approximate surface area is 172 Å². The molecule has 2 aliphatic rings. The lowest BCUT2D eigenvalue weighted by Gasteiger charge is -2.38. The maximum Gasteiger partial charge on any atom is 0.257 e. The van der Waals surface area contributed by atoms with Crippen LogP contribution in [0.4, 0.5) is 5.69 Å². The molecule has 0 aromatic heterocycles. The SMILES string of the molecule is CCCN1C(=O)c2ccccc2N[C@H]1c1ccc(OC)c(CN2CCOCC2)c1. The van der Waals surface area contributed by atoms with Crippen LogP contribution in [-0.2, 0) is 11.3 Å². The largest absolute Gasteiger partial charge is 0.496 e. The van der Waals surface area contributed by atoms with Crippen LogP contribution in [0.3, 0.4) is 0 Å². The van der Waals surface area contributed by atoms with Crippen LogP contribution in [0.5, 0.6) is 5.75 Å². The lowest BCUT2D eigenvalue weighted by Crippen LogP contribution is -2.43. The molecule has 4 rings (SSSR count). The van der Waals surface area contributed by atoms with Crippen LogP contribution in [0, 0.1) is 0 Å². The number of carbonyl (C=O) groups is 1. The molecule has 0 unspecified atom stereocenters. The Kier molecular flexibility index (Phi) is 6.02. The molecule has 2 aromatic carbocycles. The molecule has 2 aromatic rings. The number of anilines is 1. The molecule has 1 saturated heterocycles. The number of ether oxygens (including phenoxy) is 2. The van der Waals surface area contributed by atoms with Gasteiger partial charge in [0, 0.05) is 37.4 Å². The summed E-state index contributed by atoms with van der Waals surface area (Å²) >= 11 is 0. The number of amides is 1. The number of hydrogen-bond acceptors (Lipinski definition) is 5. The van der Waals surface area contributed by atoms with Gasteiger partial charge in [-0.25, -0.2) is 0 Å². The fourth-order valence-corrected chi connectivity index (χ4v) is 4.12. The first-order valence-electron chi connectivity index (χ1n) is 10.3. The molecule has 2 aliphatic heterocycles. The number of benzene rings is 2. The van der Waals surface area contributed by atoms with Crippen LogP contribution < -0.4 is 10.1 Å². The van der Waals surface area contributed by atoms with Crippen LogP contribution in [0.15, 0.2) is 42.5 Å². The molecule has 29 heavy (non-hydrogen) atoms. The number of para-hydroxylation sites is 1. The van der Waals surface area contributed by atoms with Crippen LogP contribution in [0.1, 0.15) is 41.0 Å². The lowest BCUT2D eigenvalue weighted by molar-refractivity contribution is 0.0338. The van der Waals surface area contributed by atoms with E-state index >= 15 is 0 Å². The van der Waals surface area contributed by atoms with E-state index < -0.39 is 0 Å². The monoisotopic (exact) mass is 395 g/mol. The summed E-state index contributed by atoms with van der Waals surface area (Å²) in [5, 5.41) is 3.58. The molecule has 0 radical (unpaired) electrons. The third kappa shape index (κ3) is 4.09. The van der Waals surface area contributed by atoms with E-state index in [2.05, 4.69) is 29.3 Å². The Bertz CT molecular complexity index is 864. The number of fused-ring (bicyclic) bond motifs is 1. The van der Waals surface area contributed by atoms with Gasteiger partial charge >= 0.3 is 0 Å². The van der Waals surface area contributed by atoms with Gasteiger partial charge in [0.25, 0.3) is 5.91 Å². The first kappa shape index (κ1) is 19.7. The normalized spacial score (nSPS) is 19.6. The Balaban J connectivity index is 1.66. The second kappa shape index (κ2) is 8.84. The molecule has 1 N–H and O–H groups in total. The number of nitrogens with zero attached hydrogens (tertiary/aromatic N) is 2. The van der Waals surface area contributed by atoms with Gasteiger partial charge < -0.3 is 19.7 Å². The third-order valence-corrected chi connectivity index (χ3v) is 5.60. The van der Waals surface area contributed by atoms with Crippen molar-refractivity contribution in [2.75, 3.05) is 45.3 Å². The van der Waals surface area contributed by atoms with Crippen molar-refractivity contribution < 1.29 is 14.3 Å². The first-order valence-corrected chi connectivity index (χ1v) is 10.3. The van der Waals surface area contributed by atoms with Crippen molar-refractivity contribution in [3.8, 4) is 5.75 Å². The number of carbonyl (C=O) groups excluding carboxylic acids is 1. The highest BCUT2D eigenvalue weighted by atomic mass is 16.5. The molecule has 0 bridgehead atoms. The van der Waals surface area contributed by atoms with Gasteiger partial charge in [0.05, 0.1) is 25.9 Å². The van der Waals surface area contributed by atoms with E-state index in [0.29, 0.717) is 6.54 Å². The summed E-state index contributed by atoms with van der Waals surface area (Å²) in [4.78, 5) is 17.5.